The smallest absolute Gasteiger partial charge is 0.0714 e. The van der Waals surface area contributed by atoms with E-state index in [4.69, 9.17) is 0 Å². The van der Waals surface area contributed by atoms with Crippen molar-refractivity contribution in [2.45, 2.75) is 5.41 Å². The lowest BCUT2D eigenvalue weighted by Crippen LogP contribution is -2.28. The molecule has 0 aliphatic heterocycles. The van der Waals surface area contributed by atoms with Gasteiger partial charge in [0.25, 0.3) is 0 Å². The van der Waals surface area contributed by atoms with Crippen molar-refractivity contribution >= 4 is 49.6 Å². The van der Waals surface area contributed by atoms with Crippen LogP contribution in [0.2, 0.25) is 0 Å². The summed E-state index contributed by atoms with van der Waals surface area (Å²) in [7, 11) is 0. The Balaban J connectivity index is 1.03. The molecule has 0 saturated carbocycles. The first kappa shape index (κ1) is 38.7. The van der Waals surface area contributed by atoms with E-state index < -0.39 is 5.41 Å². The van der Waals surface area contributed by atoms with Crippen LogP contribution in [0.4, 0.5) is 17.1 Å². The van der Waals surface area contributed by atoms with Crippen LogP contribution in [-0.2, 0) is 5.41 Å². The molecule has 0 fully saturated rings. The van der Waals surface area contributed by atoms with Crippen molar-refractivity contribution in [2.75, 3.05) is 4.90 Å². The molecule has 0 saturated heterocycles. The molecule has 0 amide bonds. The van der Waals surface area contributed by atoms with Gasteiger partial charge in [0.05, 0.1) is 16.4 Å². The quantitative estimate of drug-likeness (QED) is 0.148. The zero-order valence-corrected chi connectivity index (χ0v) is 36.8. The number of hydrogen-bond acceptors (Lipinski definition) is 1. The Morgan fingerprint density at radius 3 is 1.58 bits per heavy atom. The molecule has 1 aromatic heterocycles. The lowest BCUT2D eigenvalue weighted by molar-refractivity contribution is 0.768. The van der Waals surface area contributed by atoms with Crippen LogP contribution in [0, 0.1) is 0 Å². The maximum atomic E-state index is 2.47. The lowest BCUT2D eigenvalue weighted by Gasteiger charge is -2.35. The van der Waals surface area contributed by atoms with Crippen molar-refractivity contribution in [1.29, 1.82) is 0 Å². The summed E-state index contributed by atoms with van der Waals surface area (Å²) in [4.78, 5) is 2.45. The molecule has 11 aromatic carbocycles. The predicted octanol–water partition coefficient (Wildman–Crippen LogP) is 17.1. The van der Waals surface area contributed by atoms with Crippen molar-refractivity contribution in [3.8, 4) is 39.1 Å². The highest BCUT2D eigenvalue weighted by atomic mass is 15.1. The summed E-state index contributed by atoms with van der Waals surface area (Å²) >= 11 is 0. The van der Waals surface area contributed by atoms with Crippen molar-refractivity contribution in [3.63, 3.8) is 0 Å². The predicted molar refractivity (Wildman–Crippen MR) is 281 cm³/mol. The molecule has 0 N–H and O–H groups in total. The summed E-state index contributed by atoms with van der Waals surface area (Å²) in [5, 5.41) is 4.93. The normalized spacial score (nSPS) is 12.6. The summed E-state index contributed by atoms with van der Waals surface area (Å²) in [5.74, 6) is 0. The zero-order chi connectivity index (χ0) is 44.3. The minimum absolute atomic E-state index is 0.529. The van der Waals surface area contributed by atoms with Gasteiger partial charge in [-0.3, -0.25) is 0 Å². The average Bonchev–Trinajstić information content (AvgIpc) is 3.90. The van der Waals surface area contributed by atoms with E-state index in [1.807, 2.05) is 0 Å². The molecule has 1 aliphatic carbocycles. The third kappa shape index (κ3) is 6.26. The Morgan fingerprint density at radius 1 is 0.299 bits per heavy atom. The molecule has 12 aromatic rings. The molecule has 1 heterocycles. The van der Waals surface area contributed by atoms with E-state index in [1.165, 1.54) is 82.7 Å². The lowest BCUT2D eigenvalue weighted by atomic mass is 9.67. The zero-order valence-electron chi connectivity index (χ0n) is 36.8. The molecule has 0 atom stereocenters. The Kier molecular flexibility index (Phi) is 9.11. The van der Waals surface area contributed by atoms with Gasteiger partial charge in [-0.2, -0.15) is 0 Å². The largest absolute Gasteiger partial charge is 0.310 e. The standard InChI is InChI=1S/C65H44N2/c1-4-16-45(17-5-1)47-30-36-54(37-31-47)67-63-27-15-13-25-59(63)60-41-39-56(44-64(60)67)66(53-34-32-48(33-35-53)50-29-28-46-18-10-11-19-49(46)42-50)55-38-40-58-57-24-12-14-26-61(57)65(62(58)43-55,51-20-6-2-7-21-51)52-22-8-3-9-23-52/h1-44H. The summed E-state index contributed by atoms with van der Waals surface area (Å²) in [5.41, 5.74) is 18.6. The van der Waals surface area contributed by atoms with Crippen LogP contribution < -0.4 is 4.90 Å². The fourth-order valence-corrected chi connectivity index (χ4v) is 11.0. The van der Waals surface area contributed by atoms with E-state index in [2.05, 4.69) is 276 Å². The second-order valence-corrected chi connectivity index (χ2v) is 17.7. The first-order valence-corrected chi connectivity index (χ1v) is 23.2. The minimum Gasteiger partial charge on any atom is -0.310 e. The number of nitrogens with zero attached hydrogens (tertiary/aromatic N) is 2. The molecule has 67 heavy (non-hydrogen) atoms. The first-order chi connectivity index (χ1) is 33.2. The molecule has 0 bridgehead atoms. The fraction of sp³-hybridized carbons (Fsp3) is 0.0154. The van der Waals surface area contributed by atoms with Crippen molar-refractivity contribution in [3.05, 3.63) is 289 Å². The van der Waals surface area contributed by atoms with Crippen LogP contribution in [0.1, 0.15) is 22.3 Å². The molecule has 314 valence electrons. The molecule has 2 heteroatoms. The van der Waals surface area contributed by atoms with E-state index >= 15 is 0 Å². The van der Waals surface area contributed by atoms with E-state index in [0.29, 0.717) is 0 Å². The van der Waals surface area contributed by atoms with E-state index in [-0.39, 0.29) is 0 Å². The average molecular weight is 853 g/mol. The van der Waals surface area contributed by atoms with Crippen LogP contribution in [0.15, 0.2) is 267 Å². The third-order valence-electron chi connectivity index (χ3n) is 14.1. The maximum Gasteiger partial charge on any atom is 0.0714 e. The van der Waals surface area contributed by atoms with Crippen molar-refractivity contribution in [2.24, 2.45) is 0 Å². The highest BCUT2D eigenvalue weighted by Crippen LogP contribution is 2.57. The van der Waals surface area contributed by atoms with Crippen molar-refractivity contribution in [1.82, 2.24) is 4.57 Å². The number of aromatic nitrogens is 1. The van der Waals surface area contributed by atoms with Gasteiger partial charge < -0.3 is 9.47 Å². The van der Waals surface area contributed by atoms with E-state index in [9.17, 15) is 0 Å². The Bertz CT molecular complexity index is 3740. The maximum absolute atomic E-state index is 2.47. The summed E-state index contributed by atoms with van der Waals surface area (Å²) < 4.78 is 2.43. The van der Waals surface area contributed by atoms with Gasteiger partial charge in [0.1, 0.15) is 0 Å². The van der Waals surface area contributed by atoms with Crippen LogP contribution >= 0.6 is 0 Å². The van der Waals surface area contributed by atoms with Crippen LogP contribution in [0.5, 0.6) is 0 Å². The molecular weight excluding hydrogens is 809 g/mol. The number of benzene rings is 11. The van der Waals surface area contributed by atoms with Gasteiger partial charge in [0, 0.05) is 33.5 Å². The number of para-hydroxylation sites is 1. The summed E-state index contributed by atoms with van der Waals surface area (Å²) in [6.07, 6.45) is 0. The molecule has 0 radical (unpaired) electrons. The van der Waals surface area contributed by atoms with Gasteiger partial charge in [-0.15, -0.1) is 0 Å². The molecular formula is C65H44N2. The number of fused-ring (bicyclic) bond motifs is 7. The second kappa shape index (κ2) is 15.8. The molecule has 0 unspecified atom stereocenters. The SMILES string of the molecule is c1ccc(-c2ccc(-n3c4ccccc4c4ccc(N(c5ccc(-c6ccc7ccccc7c6)cc5)c5ccc6c(c5)C(c5ccccc5)(c5ccccc5)c5ccccc5-6)cc43)cc2)cc1. The van der Waals surface area contributed by atoms with Gasteiger partial charge in [-0.1, -0.05) is 206 Å². The van der Waals surface area contributed by atoms with Crippen LogP contribution in [-0.4, -0.2) is 4.57 Å². The first-order valence-electron chi connectivity index (χ1n) is 23.2. The Labute approximate surface area is 390 Å². The van der Waals surface area contributed by atoms with Crippen LogP contribution in [0.3, 0.4) is 0 Å². The Hall–Kier alpha value is -8.72. The van der Waals surface area contributed by atoms with Gasteiger partial charge in [-0.05, 0) is 127 Å². The monoisotopic (exact) mass is 852 g/mol. The third-order valence-corrected chi connectivity index (χ3v) is 14.1. The number of rotatable bonds is 8. The van der Waals surface area contributed by atoms with Gasteiger partial charge in [0.2, 0.25) is 0 Å². The fourth-order valence-electron chi connectivity index (χ4n) is 11.0. The number of anilines is 3. The summed E-state index contributed by atoms with van der Waals surface area (Å²) in [6, 6.07) is 98.2. The number of hydrogen-bond donors (Lipinski definition) is 0. The molecule has 1 aliphatic rings. The van der Waals surface area contributed by atoms with E-state index in [1.54, 1.807) is 0 Å². The highest BCUT2D eigenvalue weighted by molar-refractivity contribution is 6.10. The minimum atomic E-state index is -0.529. The topological polar surface area (TPSA) is 8.17 Å². The second-order valence-electron chi connectivity index (χ2n) is 17.7. The van der Waals surface area contributed by atoms with Gasteiger partial charge >= 0.3 is 0 Å². The van der Waals surface area contributed by atoms with Gasteiger partial charge in [0.15, 0.2) is 0 Å². The summed E-state index contributed by atoms with van der Waals surface area (Å²) in [6.45, 7) is 0. The van der Waals surface area contributed by atoms with Crippen molar-refractivity contribution < 1.29 is 0 Å². The van der Waals surface area contributed by atoms with Crippen LogP contribution in [0.25, 0.3) is 71.6 Å². The molecule has 13 rings (SSSR count). The highest BCUT2D eigenvalue weighted by Gasteiger charge is 2.46. The van der Waals surface area contributed by atoms with E-state index in [0.717, 1.165) is 28.3 Å². The molecule has 0 spiro atoms. The van der Waals surface area contributed by atoms with Gasteiger partial charge in [-0.25, -0.2) is 0 Å². The Morgan fingerprint density at radius 2 is 0.821 bits per heavy atom. The molecule has 2 nitrogen and oxygen atoms in total.